The highest BCUT2D eigenvalue weighted by atomic mass is 32.2. The third kappa shape index (κ3) is 5.14. The van der Waals surface area contributed by atoms with Crippen molar-refractivity contribution in [1.82, 2.24) is 0 Å². The average Bonchev–Trinajstić information content (AvgIpc) is 2.58. The number of hydrogen-bond donors (Lipinski definition) is 0. The van der Waals surface area contributed by atoms with Gasteiger partial charge in [-0.25, -0.2) is 9.79 Å². The normalized spacial score (nSPS) is 13.7. The van der Waals surface area contributed by atoms with E-state index in [9.17, 15) is 9.59 Å². The van der Waals surface area contributed by atoms with Gasteiger partial charge in [-0.3, -0.25) is 4.79 Å². The number of thioether (sulfide) groups is 1. The van der Waals surface area contributed by atoms with Gasteiger partial charge in [-0.15, -0.1) is 11.8 Å². The fraction of sp³-hybridized carbons (Fsp3) is 0.312. The third-order valence-electron chi connectivity index (χ3n) is 3.02. The van der Waals surface area contributed by atoms with Crippen molar-refractivity contribution in [2.24, 2.45) is 4.99 Å². The van der Waals surface area contributed by atoms with Gasteiger partial charge in [0, 0.05) is 18.2 Å². The number of nitrogens with zero attached hydrogens (tertiary/aromatic N) is 1. The first kappa shape index (κ1) is 17.1. The summed E-state index contributed by atoms with van der Waals surface area (Å²) < 4.78 is 15.3. The summed E-state index contributed by atoms with van der Waals surface area (Å²) in [5.41, 5.74) is 3.28. The average molecular weight is 335 g/mol. The smallest absolute Gasteiger partial charge is 0.357 e. The molecule has 0 spiro atoms. The lowest BCUT2D eigenvalue weighted by atomic mass is 10.2. The van der Waals surface area contributed by atoms with E-state index in [4.69, 9.17) is 14.2 Å². The van der Waals surface area contributed by atoms with Crippen molar-refractivity contribution in [3.05, 3.63) is 41.1 Å². The molecule has 6 nitrogen and oxygen atoms in total. The molecule has 0 radical (unpaired) electrons. The number of carbonyl (C=O) groups excluding carboxylic acids is 2. The van der Waals surface area contributed by atoms with E-state index in [2.05, 4.69) is 4.99 Å². The Kier molecular flexibility index (Phi) is 6.22. The second-order valence-electron chi connectivity index (χ2n) is 4.70. The van der Waals surface area contributed by atoms with Crippen LogP contribution in [0.5, 0.6) is 5.75 Å². The Labute approximate surface area is 138 Å². The molecule has 2 rings (SSSR count). The Hall–Kier alpha value is -2.28. The number of carbonyl (C=O) groups is 2. The van der Waals surface area contributed by atoms with Crippen molar-refractivity contribution in [3.63, 3.8) is 0 Å². The van der Waals surface area contributed by atoms with Crippen molar-refractivity contribution in [2.45, 2.75) is 13.5 Å². The second-order valence-corrected chi connectivity index (χ2v) is 5.53. The number of hydrogen-bond acceptors (Lipinski definition) is 7. The Balaban J connectivity index is 1.99. The number of benzene rings is 1. The van der Waals surface area contributed by atoms with Crippen molar-refractivity contribution in [2.75, 3.05) is 19.5 Å². The van der Waals surface area contributed by atoms with Gasteiger partial charge in [-0.05, 0) is 17.7 Å². The van der Waals surface area contributed by atoms with Crippen LogP contribution in [0.25, 0.3) is 0 Å². The highest BCUT2D eigenvalue weighted by Gasteiger charge is 2.20. The first-order valence-corrected chi connectivity index (χ1v) is 7.94. The zero-order valence-electron chi connectivity index (χ0n) is 12.9. The highest BCUT2D eigenvalue weighted by Crippen LogP contribution is 2.20. The standard InChI is InChI=1S/C16H17NO5S/c1-11(18)21-8-13-9-23-10-17-15(13)16(19)22-7-12-3-5-14(20-2)6-4-12/h3-6,10H,7-9H2,1-2H3. The summed E-state index contributed by atoms with van der Waals surface area (Å²) in [6, 6.07) is 7.23. The largest absolute Gasteiger partial charge is 0.497 e. The summed E-state index contributed by atoms with van der Waals surface area (Å²) in [4.78, 5) is 27.2. The maximum absolute atomic E-state index is 12.2. The molecular weight excluding hydrogens is 318 g/mol. The molecule has 0 saturated heterocycles. The van der Waals surface area contributed by atoms with E-state index >= 15 is 0 Å². The molecule has 0 bridgehead atoms. The summed E-state index contributed by atoms with van der Waals surface area (Å²) >= 11 is 1.43. The number of ether oxygens (including phenoxy) is 3. The number of rotatable bonds is 6. The Morgan fingerprint density at radius 2 is 1.91 bits per heavy atom. The van der Waals surface area contributed by atoms with Crippen LogP contribution in [0.1, 0.15) is 12.5 Å². The van der Waals surface area contributed by atoms with Gasteiger partial charge >= 0.3 is 11.9 Å². The first-order chi connectivity index (χ1) is 11.1. The molecule has 1 aliphatic rings. The molecular formula is C16H17NO5S. The fourth-order valence-electron chi connectivity index (χ4n) is 1.82. The first-order valence-electron chi connectivity index (χ1n) is 6.89. The lowest BCUT2D eigenvalue weighted by Gasteiger charge is -2.14. The second kappa shape index (κ2) is 8.38. The van der Waals surface area contributed by atoms with Gasteiger partial charge in [0.15, 0.2) is 5.70 Å². The van der Waals surface area contributed by atoms with Gasteiger partial charge in [-0.1, -0.05) is 12.1 Å². The van der Waals surface area contributed by atoms with Crippen LogP contribution in [0.3, 0.4) is 0 Å². The Morgan fingerprint density at radius 3 is 2.57 bits per heavy atom. The SMILES string of the molecule is COc1ccc(COC(=O)C2=C(COC(C)=O)CSC=N2)cc1. The van der Waals surface area contributed by atoms with Crippen LogP contribution >= 0.6 is 11.8 Å². The van der Waals surface area contributed by atoms with E-state index in [1.54, 1.807) is 24.8 Å². The molecule has 0 amide bonds. The predicted molar refractivity (Wildman–Crippen MR) is 87.4 cm³/mol. The Morgan fingerprint density at radius 1 is 1.17 bits per heavy atom. The zero-order valence-corrected chi connectivity index (χ0v) is 13.7. The van der Waals surface area contributed by atoms with Crippen LogP contribution in [-0.2, 0) is 25.7 Å². The van der Waals surface area contributed by atoms with Crippen LogP contribution in [-0.4, -0.2) is 37.0 Å². The van der Waals surface area contributed by atoms with E-state index in [1.165, 1.54) is 18.7 Å². The van der Waals surface area contributed by atoms with Gasteiger partial charge in [0.05, 0.1) is 12.7 Å². The summed E-state index contributed by atoms with van der Waals surface area (Å²) in [7, 11) is 1.59. The lowest BCUT2D eigenvalue weighted by Crippen LogP contribution is -2.16. The Bertz CT molecular complexity index is 636. The van der Waals surface area contributed by atoms with E-state index in [-0.39, 0.29) is 18.9 Å². The molecule has 1 heterocycles. The van der Waals surface area contributed by atoms with Crippen molar-refractivity contribution < 1.29 is 23.8 Å². The quantitative estimate of drug-likeness (QED) is 0.743. The minimum Gasteiger partial charge on any atom is -0.497 e. The third-order valence-corrected chi connectivity index (χ3v) is 3.79. The van der Waals surface area contributed by atoms with Crippen molar-refractivity contribution in [1.29, 1.82) is 0 Å². The number of methoxy groups -OCH3 is 1. The molecule has 122 valence electrons. The summed E-state index contributed by atoms with van der Waals surface area (Å²) in [5, 5.41) is 0. The molecule has 1 aromatic rings. The van der Waals surface area contributed by atoms with Gasteiger partial charge in [0.1, 0.15) is 19.0 Å². The molecule has 0 atom stereocenters. The maximum atomic E-state index is 12.2. The minimum absolute atomic E-state index is 0.0483. The lowest BCUT2D eigenvalue weighted by molar-refractivity contribution is -0.142. The van der Waals surface area contributed by atoms with Gasteiger partial charge in [0.2, 0.25) is 0 Å². The molecule has 0 saturated carbocycles. The summed E-state index contributed by atoms with van der Waals surface area (Å²) in [6.07, 6.45) is 0. The predicted octanol–water partition coefficient (Wildman–Crippen LogP) is 2.33. The van der Waals surface area contributed by atoms with E-state index in [1.807, 2.05) is 12.1 Å². The van der Waals surface area contributed by atoms with E-state index in [0.29, 0.717) is 11.3 Å². The van der Waals surface area contributed by atoms with Crippen LogP contribution < -0.4 is 4.74 Å². The summed E-state index contributed by atoms with van der Waals surface area (Å²) in [5.74, 6) is 0.354. The molecule has 0 fully saturated rings. The van der Waals surface area contributed by atoms with Crippen molar-refractivity contribution >= 4 is 29.2 Å². The van der Waals surface area contributed by atoms with Crippen LogP contribution in [0.4, 0.5) is 0 Å². The molecule has 23 heavy (non-hydrogen) atoms. The molecule has 7 heteroatoms. The highest BCUT2D eigenvalue weighted by molar-refractivity contribution is 8.12. The van der Waals surface area contributed by atoms with E-state index in [0.717, 1.165) is 11.3 Å². The number of esters is 2. The summed E-state index contributed by atoms with van der Waals surface area (Å²) in [6.45, 7) is 1.50. The van der Waals surface area contributed by atoms with Gasteiger partial charge in [-0.2, -0.15) is 0 Å². The molecule has 0 aliphatic carbocycles. The maximum Gasteiger partial charge on any atom is 0.357 e. The topological polar surface area (TPSA) is 74.2 Å². The van der Waals surface area contributed by atoms with E-state index < -0.39 is 11.9 Å². The van der Waals surface area contributed by atoms with Crippen LogP contribution in [0.2, 0.25) is 0 Å². The zero-order chi connectivity index (χ0) is 16.7. The van der Waals surface area contributed by atoms with Gasteiger partial charge < -0.3 is 14.2 Å². The molecule has 0 aromatic heterocycles. The number of aliphatic imine (C=N–C) groups is 1. The van der Waals surface area contributed by atoms with Crippen molar-refractivity contribution in [3.8, 4) is 5.75 Å². The van der Waals surface area contributed by atoms with Crippen LogP contribution in [0, 0.1) is 0 Å². The molecule has 1 aromatic carbocycles. The van der Waals surface area contributed by atoms with Crippen LogP contribution in [0.15, 0.2) is 40.5 Å². The monoisotopic (exact) mass is 335 g/mol. The minimum atomic E-state index is -0.528. The van der Waals surface area contributed by atoms with Gasteiger partial charge in [0.25, 0.3) is 0 Å². The molecule has 1 aliphatic heterocycles. The fourth-order valence-corrected chi connectivity index (χ4v) is 2.50. The molecule has 0 unspecified atom stereocenters. The molecule has 0 N–H and O–H groups in total.